The third-order valence-corrected chi connectivity index (χ3v) is 2.76. The van der Waals surface area contributed by atoms with Crippen molar-refractivity contribution in [2.75, 3.05) is 13.1 Å². The number of benzene rings is 1. The molecule has 1 fully saturated rings. The van der Waals surface area contributed by atoms with Crippen LogP contribution in [-0.4, -0.2) is 23.9 Å². The fourth-order valence-corrected chi connectivity index (χ4v) is 1.91. The van der Waals surface area contributed by atoms with E-state index in [-0.39, 0.29) is 5.91 Å². The van der Waals surface area contributed by atoms with Crippen molar-refractivity contribution in [3.63, 3.8) is 0 Å². The molecular weight excluding hydrogens is 186 g/mol. The third-order valence-electron chi connectivity index (χ3n) is 2.76. The maximum absolute atomic E-state index is 12.1. The van der Waals surface area contributed by atoms with Gasteiger partial charge in [-0.2, -0.15) is 0 Å². The molecule has 79 valence electrons. The van der Waals surface area contributed by atoms with Gasteiger partial charge in [-0.25, -0.2) is 0 Å². The molecule has 1 saturated heterocycles. The molecule has 0 unspecified atom stereocenters. The van der Waals surface area contributed by atoms with Gasteiger partial charge in [0.25, 0.3) is 5.91 Å². The van der Waals surface area contributed by atoms with E-state index in [4.69, 9.17) is 0 Å². The van der Waals surface area contributed by atoms with Crippen LogP contribution in [0.15, 0.2) is 24.3 Å². The van der Waals surface area contributed by atoms with Gasteiger partial charge < -0.3 is 4.90 Å². The molecule has 0 bridgehead atoms. The lowest BCUT2D eigenvalue weighted by Gasteiger charge is -2.26. The Bertz CT molecular complexity index is 353. The minimum absolute atomic E-state index is 0.173. The minimum Gasteiger partial charge on any atom is -0.339 e. The highest BCUT2D eigenvalue weighted by Crippen LogP contribution is 2.13. The number of carbonyl (C=O) groups is 1. The molecule has 1 heterocycles. The molecule has 0 aromatic heterocycles. The molecule has 1 radical (unpaired) electrons. The first-order valence-corrected chi connectivity index (χ1v) is 5.45. The molecule has 0 aliphatic carbocycles. The zero-order chi connectivity index (χ0) is 10.7. The summed E-state index contributed by atoms with van der Waals surface area (Å²) < 4.78 is 0. The second kappa shape index (κ2) is 4.47. The van der Waals surface area contributed by atoms with Gasteiger partial charge in [0.05, 0.1) is 0 Å². The number of nitrogens with zero attached hydrogens (tertiary/aromatic N) is 1. The first kappa shape index (κ1) is 10.2. The normalized spacial score (nSPS) is 16.5. The van der Waals surface area contributed by atoms with Gasteiger partial charge in [0.2, 0.25) is 0 Å². The highest BCUT2D eigenvalue weighted by Gasteiger charge is 2.17. The summed E-state index contributed by atoms with van der Waals surface area (Å²) in [6.07, 6.45) is 4.30. The lowest BCUT2D eigenvalue weighted by molar-refractivity contribution is 0.0742. The third kappa shape index (κ3) is 2.38. The number of likely N-dealkylation sites (tertiary alicyclic amines) is 1. The molecule has 0 atom stereocenters. The topological polar surface area (TPSA) is 20.3 Å². The highest BCUT2D eigenvalue weighted by atomic mass is 16.2. The van der Waals surface area contributed by atoms with Crippen molar-refractivity contribution in [2.45, 2.75) is 19.8 Å². The van der Waals surface area contributed by atoms with Crippen LogP contribution in [0.1, 0.15) is 28.8 Å². The van der Waals surface area contributed by atoms with Crippen molar-refractivity contribution in [3.8, 4) is 0 Å². The largest absolute Gasteiger partial charge is 0.339 e. The van der Waals surface area contributed by atoms with Crippen LogP contribution in [0.3, 0.4) is 0 Å². The van der Waals surface area contributed by atoms with E-state index >= 15 is 0 Å². The average molecular weight is 202 g/mol. The van der Waals surface area contributed by atoms with E-state index in [9.17, 15) is 4.79 Å². The Morgan fingerprint density at radius 1 is 1.27 bits per heavy atom. The molecule has 2 heteroatoms. The zero-order valence-corrected chi connectivity index (χ0v) is 9.07. The molecule has 15 heavy (non-hydrogen) atoms. The maximum Gasteiger partial charge on any atom is 0.253 e. The van der Waals surface area contributed by atoms with E-state index in [1.807, 2.05) is 36.1 Å². The Morgan fingerprint density at radius 2 is 2.00 bits per heavy atom. The van der Waals surface area contributed by atoms with E-state index in [0.717, 1.165) is 37.1 Å². The van der Waals surface area contributed by atoms with Gasteiger partial charge in [0, 0.05) is 18.7 Å². The summed E-state index contributed by atoms with van der Waals surface area (Å²) in [7, 11) is 0. The van der Waals surface area contributed by atoms with Crippen LogP contribution in [-0.2, 0) is 0 Å². The highest BCUT2D eigenvalue weighted by molar-refractivity contribution is 5.94. The second-order valence-electron chi connectivity index (χ2n) is 4.03. The molecule has 1 aliphatic heterocycles. The molecular formula is C13H16NO. The summed E-state index contributed by atoms with van der Waals surface area (Å²) in [6.45, 7) is 3.75. The Morgan fingerprint density at radius 3 is 2.67 bits per heavy atom. The predicted molar refractivity (Wildman–Crippen MR) is 60.6 cm³/mol. The summed E-state index contributed by atoms with van der Waals surface area (Å²) in [4.78, 5) is 14.0. The number of hydrogen-bond donors (Lipinski definition) is 0. The maximum atomic E-state index is 12.1. The van der Waals surface area contributed by atoms with Gasteiger partial charge in [-0.3, -0.25) is 4.79 Å². The van der Waals surface area contributed by atoms with Crippen LogP contribution in [0.4, 0.5) is 0 Å². The van der Waals surface area contributed by atoms with Crippen molar-refractivity contribution < 1.29 is 4.79 Å². The first-order chi connectivity index (χ1) is 7.27. The average Bonchev–Trinajstić information content (AvgIpc) is 2.29. The summed E-state index contributed by atoms with van der Waals surface area (Å²) in [5.41, 5.74) is 1.96. The Balaban J connectivity index is 2.12. The standard InChI is InChI=1S/C13H16NO/c1-11-6-5-7-12(10-11)13(15)14-8-3-2-4-9-14/h2,5-7,10H,3-4,8-9H2,1H3. The van der Waals surface area contributed by atoms with Crippen molar-refractivity contribution in [3.05, 3.63) is 41.8 Å². The van der Waals surface area contributed by atoms with Crippen LogP contribution in [0.2, 0.25) is 0 Å². The van der Waals surface area contributed by atoms with Crippen LogP contribution in [0.5, 0.6) is 0 Å². The van der Waals surface area contributed by atoms with E-state index in [2.05, 4.69) is 6.42 Å². The molecule has 0 spiro atoms. The monoisotopic (exact) mass is 202 g/mol. The Hall–Kier alpha value is -1.31. The number of amides is 1. The van der Waals surface area contributed by atoms with Crippen LogP contribution in [0.25, 0.3) is 0 Å². The predicted octanol–water partition coefficient (Wildman–Crippen LogP) is 2.44. The van der Waals surface area contributed by atoms with E-state index in [1.165, 1.54) is 0 Å². The fraction of sp³-hybridized carbons (Fsp3) is 0.385. The molecule has 1 aliphatic rings. The molecule has 1 aromatic carbocycles. The van der Waals surface area contributed by atoms with Gasteiger partial charge in [-0.15, -0.1) is 0 Å². The van der Waals surface area contributed by atoms with E-state index in [1.54, 1.807) is 0 Å². The summed E-state index contributed by atoms with van der Waals surface area (Å²) in [5, 5.41) is 0. The van der Waals surface area contributed by atoms with E-state index in [0.29, 0.717) is 0 Å². The lowest BCUT2D eigenvalue weighted by atomic mass is 10.1. The minimum atomic E-state index is 0.173. The van der Waals surface area contributed by atoms with E-state index < -0.39 is 0 Å². The number of carbonyl (C=O) groups excluding carboxylic acids is 1. The van der Waals surface area contributed by atoms with Crippen molar-refractivity contribution >= 4 is 5.91 Å². The molecule has 0 saturated carbocycles. The Labute approximate surface area is 90.9 Å². The molecule has 1 aromatic rings. The SMILES string of the molecule is Cc1cccc(C(=O)N2CC[CH]CC2)c1. The number of piperidine rings is 1. The van der Waals surface area contributed by atoms with Crippen molar-refractivity contribution in [1.82, 2.24) is 4.90 Å². The molecule has 1 amide bonds. The van der Waals surface area contributed by atoms with Crippen LogP contribution < -0.4 is 0 Å². The summed E-state index contributed by atoms with van der Waals surface area (Å²) in [5.74, 6) is 0.173. The number of hydrogen-bond acceptors (Lipinski definition) is 1. The first-order valence-electron chi connectivity index (χ1n) is 5.45. The fourth-order valence-electron chi connectivity index (χ4n) is 1.91. The number of aryl methyl sites for hydroxylation is 1. The molecule has 2 nitrogen and oxygen atoms in total. The molecule has 0 N–H and O–H groups in total. The summed E-state index contributed by atoms with van der Waals surface area (Å²) >= 11 is 0. The summed E-state index contributed by atoms with van der Waals surface area (Å²) in [6, 6.07) is 7.81. The molecule has 2 rings (SSSR count). The Kier molecular flexibility index (Phi) is 3.05. The van der Waals surface area contributed by atoms with Crippen molar-refractivity contribution in [1.29, 1.82) is 0 Å². The van der Waals surface area contributed by atoms with Gasteiger partial charge in [-0.05, 0) is 38.3 Å². The van der Waals surface area contributed by atoms with Crippen LogP contribution >= 0.6 is 0 Å². The quantitative estimate of drug-likeness (QED) is 0.685. The van der Waals surface area contributed by atoms with Gasteiger partial charge >= 0.3 is 0 Å². The smallest absolute Gasteiger partial charge is 0.253 e. The lowest BCUT2D eigenvalue weighted by Crippen LogP contribution is -2.35. The van der Waals surface area contributed by atoms with Gasteiger partial charge in [0.1, 0.15) is 0 Å². The zero-order valence-electron chi connectivity index (χ0n) is 9.07. The van der Waals surface area contributed by atoms with Gasteiger partial charge in [0.15, 0.2) is 0 Å². The van der Waals surface area contributed by atoms with Gasteiger partial charge in [-0.1, -0.05) is 17.7 Å². The number of rotatable bonds is 1. The van der Waals surface area contributed by atoms with Crippen LogP contribution in [0, 0.1) is 13.3 Å². The second-order valence-corrected chi connectivity index (χ2v) is 4.03. The van der Waals surface area contributed by atoms with Crippen molar-refractivity contribution in [2.24, 2.45) is 0 Å².